The molecule has 0 saturated carbocycles. The van der Waals surface area contributed by atoms with Gasteiger partial charge in [-0.2, -0.15) is 0 Å². The SMILES string of the molecule is CCCCCCCCCCCCc1ccc(-c2nc(-c3ccc(Br)c(C)c3)nc(-c3ccc(Br)c(C)c3)n2)cc1.CCCCCCc1cc(B2OC(C)(C)C(C)(C)O2)c(CCCCCC)cc1B1OC(C)(C)C(C)(C)O1.CCCCCCc1ccc(C2(c3ccc(CCCCCC)cc3)c3cc(-c4c(C)cc(Br)cc4C)ccc3-c3ccc(-c4c(C)cc(Br)cc4C)cc32)cc1. The Morgan fingerprint density at radius 3 is 0.847 bits per heavy atom. The zero-order valence-electron chi connectivity index (χ0n) is 82.9. The monoisotopic (exact) mass is 2010 g/mol. The van der Waals surface area contributed by atoms with E-state index in [1.807, 2.05) is 0 Å². The van der Waals surface area contributed by atoms with Crippen LogP contribution in [0, 0.1) is 41.5 Å². The molecule has 1 aliphatic carbocycles. The maximum atomic E-state index is 6.56. The molecule has 3 aliphatic rings. The fourth-order valence-corrected chi connectivity index (χ4v) is 21.4. The lowest BCUT2D eigenvalue weighted by Crippen LogP contribution is -2.43. The lowest BCUT2D eigenvalue weighted by Gasteiger charge is -2.35. The number of unbranched alkanes of at least 4 members (excludes halogenated alkanes) is 21. The highest BCUT2D eigenvalue weighted by atomic mass is 79.9. The molecule has 13 heteroatoms. The summed E-state index contributed by atoms with van der Waals surface area (Å²) in [6.07, 6.45) is 39.1. The Hall–Kier alpha value is -6.90. The number of fused-ring (bicyclic) bond motifs is 3. The number of benzene rings is 10. The van der Waals surface area contributed by atoms with Gasteiger partial charge in [0.1, 0.15) is 0 Å². The quantitative estimate of drug-likeness (QED) is 0.0280. The van der Waals surface area contributed by atoms with Crippen LogP contribution in [-0.2, 0) is 56.1 Å². The van der Waals surface area contributed by atoms with Crippen molar-refractivity contribution in [3.8, 4) is 67.5 Å². The number of aromatic nitrogens is 3. The van der Waals surface area contributed by atoms with E-state index < -0.39 is 5.41 Å². The van der Waals surface area contributed by atoms with Crippen LogP contribution in [0.4, 0.5) is 0 Å². The minimum atomic E-state index is -0.494. The number of aryl methyl sites for hydroxylation is 11. The molecule has 2 aliphatic heterocycles. The minimum absolute atomic E-state index is 0.349. The smallest absolute Gasteiger partial charge is 0.399 e. The normalized spacial score (nSPS) is 14.9. The van der Waals surface area contributed by atoms with Gasteiger partial charge >= 0.3 is 14.2 Å². The van der Waals surface area contributed by atoms with Crippen LogP contribution in [0.25, 0.3) is 67.5 Å². The summed E-state index contributed by atoms with van der Waals surface area (Å²) in [5.74, 6) is 2.07. The van der Waals surface area contributed by atoms with Crippen LogP contribution in [0.5, 0.6) is 0 Å². The summed E-state index contributed by atoms with van der Waals surface area (Å²) in [5, 5.41) is 0. The zero-order chi connectivity index (χ0) is 93.8. The van der Waals surface area contributed by atoms with Crippen molar-refractivity contribution >= 4 is 88.9 Å². The van der Waals surface area contributed by atoms with Gasteiger partial charge in [-0.15, -0.1) is 0 Å². The number of rotatable bonds is 40. The van der Waals surface area contributed by atoms with Crippen LogP contribution in [0.2, 0.25) is 0 Å². The summed E-state index contributed by atoms with van der Waals surface area (Å²) in [7, 11) is -0.698. The predicted octanol–water partition coefficient (Wildman–Crippen LogP) is 34.4. The van der Waals surface area contributed by atoms with Crippen LogP contribution in [0.1, 0.15) is 340 Å². The first-order valence-corrected chi connectivity index (χ1v) is 53.3. The van der Waals surface area contributed by atoms with E-state index in [1.54, 1.807) is 0 Å². The molecule has 2 saturated heterocycles. The molecule has 0 unspecified atom stereocenters. The standard InChI is InChI=1S/C53H56Br2.C35H41Br2N3.C30H52B2O4/c1-7-9-11-13-15-39-17-23-43(24-18-39)53(44-25-19-40(20-26-44)16-14-12-10-8-2)49-33-41(51-35(3)29-45(54)30-36(51)4)21-27-47(49)48-28-22-42(34-50(48)53)52-37(5)31-46(55)32-38(52)6;1-4-5-6-7-8-9-10-11-12-13-14-27-15-17-28(18-16-27)33-38-34(29-19-21-31(36)25(2)23-29)40-35(39-33)30-20-22-32(37)26(3)24-30;1-11-13-15-17-19-23-21-26(32-35-29(7,8)30(9,10)36-32)24(20-18-16-14-12-2)22-25(23)31-33-27(3,4)28(5,6)34-31/h17-34H,7-16H2,1-6H3;15-24H,4-14H2,1-3H3;21-22H,11-20H2,1-10H3. The van der Waals surface area contributed by atoms with Crippen molar-refractivity contribution in [2.75, 3.05) is 0 Å². The van der Waals surface area contributed by atoms with Crippen molar-refractivity contribution < 1.29 is 18.6 Å². The molecule has 0 spiro atoms. The fourth-order valence-electron chi connectivity index (χ4n) is 19.5. The second-order valence-corrected chi connectivity index (χ2v) is 43.6. The average Bonchev–Trinajstić information content (AvgIpc) is 1.53. The molecule has 7 nitrogen and oxygen atoms in total. The van der Waals surface area contributed by atoms with Gasteiger partial charge in [-0.25, -0.2) is 15.0 Å². The Kier molecular flexibility index (Phi) is 37.5. The molecule has 11 aromatic rings. The number of nitrogens with zero attached hydrogens (tertiary/aromatic N) is 3. The van der Waals surface area contributed by atoms with Crippen molar-refractivity contribution in [2.45, 2.75) is 358 Å². The van der Waals surface area contributed by atoms with Crippen molar-refractivity contribution in [1.29, 1.82) is 0 Å². The second kappa shape index (κ2) is 47.7. The van der Waals surface area contributed by atoms with Gasteiger partial charge in [-0.1, -0.05) is 355 Å². The summed E-state index contributed by atoms with van der Waals surface area (Å²) in [4.78, 5) is 14.7. The van der Waals surface area contributed by atoms with Crippen LogP contribution >= 0.6 is 63.7 Å². The van der Waals surface area contributed by atoms with E-state index in [0.717, 1.165) is 77.8 Å². The summed E-state index contributed by atoms with van der Waals surface area (Å²) in [5.41, 5.74) is 31.0. The van der Waals surface area contributed by atoms with E-state index in [-0.39, 0.29) is 36.6 Å². The molecule has 1 aromatic heterocycles. The largest absolute Gasteiger partial charge is 0.495 e. The first-order valence-electron chi connectivity index (χ1n) is 50.1. The molecule has 3 heterocycles. The summed E-state index contributed by atoms with van der Waals surface area (Å²) in [6, 6.07) is 69.1. The number of hydrogen-bond acceptors (Lipinski definition) is 7. The van der Waals surface area contributed by atoms with Crippen LogP contribution in [0.15, 0.2) is 200 Å². The Morgan fingerprint density at radius 1 is 0.267 bits per heavy atom. The molecule has 10 aromatic carbocycles. The van der Waals surface area contributed by atoms with E-state index in [2.05, 4.69) is 377 Å². The van der Waals surface area contributed by atoms with Gasteiger partial charge < -0.3 is 18.6 Å². The van der Waals surface area contributed by atoms with Crippen molar-refractivity contribution in [1.82, 2.24) is 15.0 Å². The maximum Gasteiger partial charge on any atom is 0.495 e. The Bertz CT molecular complexity index is 5220. The molecule has 0 bridgehead atoms. The Labute approximate surface area is 824 Å². The lowest BCUT2D eigenvalue weighted by molar-refractivity contribution is 0.00578. The second-order valence-electron chi connectivity index (χ2n) is 40.0. The van der Waals surface area contributed by atoms with Gasteiger partial charge in [0, 0.05) is 34.6 Å². The van der Waals surface area contributed by atoms with Crippen LogP contribution in [0.3, 0.4) is 0 Å². The number of halogens is 4. The van der Waals surface area contributed by atoms with Crippen LogP contribution in [-0.4, -0.2) is 51.6 Å². The highest BCUT2D eigenvalue weighted by Crippen LogP contribution is 2.58. The molecule has 0 N–H and O–H groups in total. The summed E-state index contributed by atoms with van der Waals surface area (Å²) < 4.78 is 30.7. The molecule has 694 valence electrons. The third kappa shape index (κ3) is 25.7. The Morgan fingerprint density at radius 2 is 0.534 bits per heavy atom. The topological polar surface area (TPSA) is 75.6 Å². The summed E-state index contributed by atoms with van der Waals surface area (Å²) in [6.45, 7) is 41.6. The lowest BCUT2D eigenvalue weighted by atomic mass is 9.66. The maximum absolute atomic E-state index is 6.56. The predicted molar refractivity (Wildman–Crippen MR) is 575 cm³/mol. The van der Waals surface area contributed by atoms with Crippen molar-refractivity contribution in [3.63, 3.8) is 0 Å². The average molecular weight is 2010 g/mol. The molecular weight excluding hydrogens is 1860 g/mol. The van der Waals surface area contributed by atoms with E-state index in [0.29, 0.717) is 17.5 Å². The molecule has 0 radical (unpaired) electrons. The molecular formula is C118H149B2Br4N3O4. The molecule has 2 fully saturated rings. The highest BCUT2D eigenvalue weighted by Gasteiger charge is 2.55. The van der Waals surface area contributed by atoms with Crippen LogP contribution < -0.4 is 10.9 Å². The van der Waals surface area contributed by atoms with Crippen molar-refractivity contribution in [3.05, 3.63) is 283 Å². The summed E-state index contributed by atoms with van der Waals surface area (Å²) >= 11 is 14.8. The fraction of sp³-hybridized carbons (Fsp3) is 0.466. The van der Waals surface area contributed by atoms with Gasteiger partial charge in [-0.05, 0) is 350 Å². The van der Waals surface area contributed by atoms with E-state index in [1.165, 1.54) is 284 Å². The Balaban J connectivity index is 0.000000183. The van der Waals surface area contributed by atoms with Gasteiger partial charge in [0.25, 0.3) is 0 Å². The molecule has 131 heavy (non-hydrogen) atoms. The van der Waals surface area contributed by atoms with Crippen molar-refractivity contribution in [2.24, 2.45) is 0 Å². The van der Waals surface area contributed by atoms with Gasteiger partial charge in [0.05, 0.1) is 27.8 Å². The molecule has 0 amide bonds. The molecule has 0 atom stereocenters. The first-order chi connectivity index (χ1) is 62.8. The highest BCUT2D eigenvalue weighted by molar-refractivity contribution is 9.11. The minimum Gasteiger partial charge on any atom is -0.399 e. The third-order valence-corrected chi connectivity index (χ3v) is 31.3. The zero-order valence-corrected chi connectivity index (χ0v) is 89.2. The van der Waals surface area contributed by atoms with E-state index >= 15 is 0 Å². The molecule has 14 rings (SSSR count). The van der Waals surface area contributed by atoms with Gasteiger partial charge in [-0.3, -0.25) is 0 Å². The van der Waals surface area contributed by atoms with Gasteiger partial charge in [0.2, 0.25) is 0 Å². The van der Waals surface area contributed by atoms with Gasteiger partial charge in [0.15, 0.2) is 17.5 Å². The third-order valence-electron chi connectivity index (χ3n) is 28.6. The van der Waals surface area contributed by atoms with E-state index in [9.17, 15) is 0 Å². The number of hydrogen-bond donors (Lipinski definition) is 0. The first kappa shape index (κ1) is 103. The van der Waals surface area contributed by atoms with E-state index in [4.69, 9.17) is 33.6 Å².